The van der Waals surface area contributed by atoms with Crippen molar-refractivity contribution in [2.75, 3.05) is 0 Å². The molecule has 0 unspecified atom stereocenters. The van der Waals surface area contributed by atoms with Crippen molar-refractivity contribution in [1.82, 2.24) is 15.3 Å². The normalized spacial score (nSPS) is 10.5. The number of carbonyl (C=O) groups is 1. The van der Waals surface area contributed by atoms with Gasteiger partial charge >= 0.3 is 0 Å². The molecular formula is C22H23N3O. The van der Waals surface area contributed by atoms with E-state index in [9.17, 15) is 4.79 Å². The van der Waals surface area contributed by atoms with Crippen molar-refractivity contribution in [2.24, 2.45) is 0 Å². The molecule has 1 aromatic heterocycles. The first-order valence-corrected chi connectivity index (χ1v) is 8.70. The summed E-state index contributed by atoms with van der Waals surface area (Å²) >= 11 is 0. The van der Waals surface area contributed by atoms with Crippen LogP contribution in [0.2, 0.25) is 0 Å². The van der Waals surface area contributed by atoms with Gasteiger partial charge in [-0.25, -0.2) is 4.98 Å². The van der Waals surface area contributed by atoms with Crippen LogP contribution in [0.1, 0.15) is 35.3 Å². The van der Waals surface area contributed by atoms with E-state index in [-0.39, 0.29) is 5.91 Å². The molecule has 26 heavy (non-hydrogen) atoms. The van der Waals surface area contributed by atoms with Crippen molar-refractivity contribution in [3.63, 3.8) is 0 Å². The predicted molar refractivity (Wildman–Crippen MR) is 104 cm³/mol. The summed E-state index contributed by atoms with van der Waals surface area (Å²) in [5.74, 6) is 0.604. The van der Waals surface area contributed by atoms with Gasteiger partial charge in [0.25, 0.3) is 0 Å². The molecule has 1 amide bonds. The summed E-state index contributed by atoms with van der Waals surface area (Å²) in [6, 6.07) is 20.6. The number of nitrogens with zero attached hydrogens (tertiary/aromatic N) is 1. The van der Waals surface area contributed by atoms with E-state index in [1.54, 1.807) is 6.92 Å². The first kappa shape index (κ1) is 17.7. The first-order valence-electron chi connectivity index (χ1n) is 8.70. The number of hydrogen-bond acceptors (Lipinski definition) is 2. The van der Waals surface area contributed by atoms with E-state index in [4.69, 9.17) is 4.98 Å². The van der Waals surface area contributed by atoms with Crippen molar-refractivity contribution < 1.29 is 4.79 Å². The lowest BCUT2D eigenvalue weighted by Gasteiger charge is -2.03. The van der Waals surface area contributed by atoms with Crippen LogP contribution >= 0.6 is 0 Å². The zero-order valence-corrected chi connectivity index (χ0v) is 15.0. The van der Waals surface area contributed by atoms with E-state index >= 15 is 0 Å². The molecule has 3 aromatic rings. The monoisotopic (exact) mass is 345 g/mol. The zero-order valence-electron chi connectivity index (χ0n) is 15.0. The van der Waals surface area contributed by atoms with Crippen LogP contribution in [0.15, 0.2) is 72.8 Å². The van der Waals surface area contributed by atoms with Crippen LogP contribution < -0.4 is 5.32 Å². The number of rotatable bonds is 7. The molecule has 0 aliphatic rings. The van der Waals surface area contributed by atoms with E-state index < -0.39 is 0 Å². The number of hydrogen-bond donors (Lipinski definition) is 2. The van der Waals surface area contributed by atoms with Crippen LogP contribution in [-0.2, 0) is 24.2 Å². The molecule has 0 aliphatic carbocycles. The molecule has 132 valence electrons. The first-order chi connectivity index (χ1) is 12.6. The standard InChI is InChI=1S/C22H23N3O/c1-16(2)22(26)23-15-21-24-19(13-17-9-5-3-6-10-17)20(25-21)14-18-11-7-4-8-12-18/h3-12H,1,13-15H2,2H3,(H,23,26)(H,24,25). The highest BCUT2D eigenvalue weighted by atomic mass is 16.1. The average molecular weight is 345 g/mol. The lowest BCUT2D eigenvalue weighted by molar-refractivity contribution is -0.117. The van der Waals surface area contributed by atoms with Gasteiger partial charge in [0.1, 0.15) is 5.82 Å². The molecule has 0 spiro atoms. The van der Waals surface area contributed by atoms with Gasteiger partial charge in [-0.1, -0.05) is 67.2 Å². The summed E-state index contributed by atoms with van der Waals surface area (Å²) in [5.41, 5.74) is 5.03. The van der Waals surface area contributed by atoms with Crippen LogP contribution in [0.25, 0.3) is 0 Å². The highest BCUT2D eigenvalue weighted by Gasteiger charge is 2.12. The molecule has 1 heterocycles. The largest absolute Gasteiger partial charge is 0.345 e. The van der Waals surface area contributed by atoms with Crippen molar-refractivity contribution in [2.45, 2.75) is 26.3 Å². The summed E-state index contributed by atoms with van der Waals surface area (Å²) in [4.78, 5) is 19.9. The minimum absolute atomic E-state index is 0.157. The van der Waals surface area contributed by atoms with Gasteiger partial charge in [-0.3, -0.25) is 4.79 Å². The van der Waals surface area contributed by atoms with Gasteiger partial charge < -0.3 is 10.3 Å². The van der Waals surface area contributed by atoms with Crippen molar-refractivity contribution in [3.05, 3.63) is 101 Å². The molecule has 4 heteroatoms. The van der Waals surface area contributed by atoms with Gasteiger partial charge in [0.2, 0.25) is 5.91 Å². The van der Waals surface area contributed by atoms with Crippen LogP contribution in [0.5, 0.6) is 0 Å². The maximum absolute atomic E-state index is 11.7. The Kier molecular flexibility index (Phi) is 5.64. The summed E-state index contributed by atoms with van der Waals surface area (Å²) in [6.07, 6.45) is 1.54. The third-order valence-corrected chi connectivity index (χ3v) is 4.16. The maximum atomic E-state index is 11.7. The molecule has 0 saturated heterocycles. The fourth-order valence-corrected chi connectivity index (χ4v) is 2.78. The van der Waals surface area contributed by atoms with Gasteiger partial charge in [0.05, 0.1) is 12.2 Å². The number of carbonyl (C=O) groups excluding carboxylic acids is 1. The van der Waals surface area contributed by atoms with Gasteiger partial charge in [-0.05, 0) is 18.1 Å². The Hall–Kier alpha value is -3.14. The number of aromatic nitrogens is 2. The molecule has 0 atom stereocenters. The summed E-state index contributed by atoms with van der Waals surface area (Å²) in [7, 11) is 0. The van der Waals surface area contributed by atoms with Crippen molar-refractivity contribution in [1.29, 1.82) is 0 Å². The van der Waals surface area contributed by atoms with E-state index in [0.29, 0.717) is 12.1 Å². The van der Waals surface area contributed by atoms with E-state index in [1.807, 2.05) is 36.4 Å². The summed E-state index contributed by atoms with van der Waals surface area (Å²) < 4.78 is 0. The molecule has 0 aliphatic heterocycles. The smallest absolute Gasteiger partial charge is 0.246 e. The predicted octanol–water partition coefficient (Wildman–Crippen LogP) is 3.78. The Bertz CT molecular complexity index is 823. The number of nitrogens with one attached hydrogen (secondary N) is 2. The third kappa shape index (κ3) is 4.70. The topological polar surface area (TPSA) is 57.8 Å². The van der Waals surface area contributed by atoms with E-state index in [2.05, 4.69) is 41.1 Å². The molecule has 0 radical (unpaired) electrons. The highest BCUT2D eigenvalue weighted by molar-refractivity contribution is 5.91. The van der Waals surface area contributed by atoms with E-state index in [0.717, 1.165) is 30.1 Å². The molecule has 0 fully saturated rings. The third-order valence-electron chi connectivity index (χ3n) is 4.16. The van der Waals surface area contributed by atoms with Crippen LogP contribution in [0.3, 0.4) is 0 Å². The second kappa shape index (κ2) is 8.30. The Morgan fingerprint density at radius 1 is 1.00 bits per heavy atom. The summed E-state index contributed by atoms with van der Waals surface area (Å²) in [6.45, 7) is 5.72. The van der Waals surface area contributed by atoms with Crippen molar-refractivity contribution in [3.8, 4) is 0 Å². The molecule has 0 bridgehead atoms. The second-order valence-electron chi connectivity index (χ2n) is 6.40. The van der Waals surface area contributed by atoms with Crippen molar-refractivity contribution >= 4 is 5.91 Å². The lowest BCUT2D eigenvalue weighted by atomic mass is 10.0. The fraction of sp³-hybridized carbons (Fsp3) is 0.182. The number of H-pyrrole nitrogens is 1. The Morgan fingerprint density at radius 2 is 1.58 bits per heavy atom. The van der Waals surface area contributed by atoms with Crippen LogP contribution in [-0.4, -0.2) is 15.9 Å². The quantitative estimate of drug-likeness (QED) is 0.640. The second-order valence-corrected chi connectivity index (χ2v) is 6.40. The Labute approximate surface area is 154 Å². The molecule has 3 rings (SSSR count). The number of amides is 1. The minimum atomic E-state index is -0.157. The average Bonchev–Trinajstić information content (AvgIpc) is 3.02. The lowest BCUT2D eigenvalue weighted by Crippen LogP contribution is -2.23. The van der Waals surface area contributed by atoms with Gasteiger partial charge in [-0.2, -0.15) is 0 Å². The summed E-state index contributed by atoms with van der Waals surface area (Å²) in [5, 5.41) is 2.83. The van der Waals surface area contributed by atoms with Gasteiger partial charge in [0.15, 0.2) is 0 Å². The molecule has 2 N–H and O–H groups in total. The molecule has 2 aromatic carbocycles. The number of imidazole rings is 1. The fourth-order valence-electron chi connectivity index (χ4n) is 2.78. The van der Waals surface area contributed by atoms with Crippen LogP contribution in [0, 0.1) is 0 Å². The van der Waals surface area contributed by atoms with Gasteiger partial charge in [-0.15, -0.1) is 0 Å². The molecule has 0 saturated carbocycles. The molecular weight excluding hydrogens is 322 g/mol. The highest BCUT2D eigenvalue weighted by Crippen LogP contribution is 2.16. The van der Waals surface area contributed by atoms with Gasteiger partial charge in [0, 0.05) is 24.1 Å². The molecule has 4 nitrogen and oxygen atoms in total. The number of benzene rings is 2. The Balaban J connectivity index is 1.82. The number of aromatic amines is 1. The van der Waals surface area contributed by atoms with Crippen LogP contribution in [0.4, 0.5) is 0 Å². The minimum Gasteiger partial charge on any atom is -0.345 e. The van der Waals surface area contributed by atoms with E-state index in [1.165, 1.54) is 11.1 Å². The zero-order chi connectivity index (χ0) is 18.4. The SMILES string of the molecule is C=C(C)C(=O)NCc1nc(Cc2ccccc2)c(Cc2ccccc2)[nH]1. The maximum Gasteiger partial charge on any atom is 0.246 e. The Morgan fingerprint density at radius 3 is 2.15 bits per heavy atom.